The average molecular weight is 312 g/mol. The molecule has 0 spiro atoms. The molecule has 0 aliphatic carbocycles. The summed E-state index contributed by atoms with van der Waals surface area (Å²) in [6, 6.07) is 11.3. The summed E-state index contributed by atoms with van der Waals surface area (Å²) in [5.74, 6) is 0.680. The molecule has 0 unspecified atom stereocenters. The number of hydrogen-bond donors (Lipinski definition) is 1. The molecule has 0 aliphatic heterocycles. The van der Waals surface area contributed by atoms with Crippen molar-refractivity contribution in [3.8, 4) is 5.75 Å². The zero-order valence-electron chi connectivity index (χ0n) is 13.7. The molecule has 5 heteroatoms. The van der Waals surface area contributed by atoms with E-state index in [0.29, 0.717) is 5.75 Å². The Bertz CT molecular complexity index is 867. The molecule has 1 heterocycles. The van der Waals surface area contributed by atoms with Crippen LogP contribution in [0.2, 0.25) is 0 Å². The molecule has 1 amide bonds. The molecule has 23 heavy (non-hydrogen) atoms. The average Bonchev–Trinajstić information content (AvgIpc) is 2.90. The minimum atomic E-state index is -0.360. The van der Waals surface area contributed by atoms with E-state index in [9.17, 15) is 4.79 Å². The third-order valence-corrected chi connectivity index (χ3v) is 3.88. The van der Waals surface area contributed by atoms with Gasteiger partial charge in [0.1, 0.15) is 23.0 Å². The minimum Gasteiger partial charge on any atom is -0.495 e. The van der Waals surface area contributed by atoms with Crippen LogP contribution in [0.3, 0.4) is 0 Å². The molecule has 1 atom stereocenters. The van der Waals surface area contributed by atoms with Gasteiger partial charge in [-0.15, -0.1) is 0 Å². The molecule has 0 radical (unpaired) electrons. The van der Waals surface area contributed by atoms with Crippen molar-refractivity contribution in [1.82, 2.24) is 4.90 Å². The van der Waals surface area contributed by atoms with Crippen LogP contribution >= 0.6 is 0 Å². The Morgan fingerprint density at radius 3 is 2.61 bits per heavy atom. The van der Waals surface area contributed by atoms with E-state index in [1.165, 1.54) is 0 Å². The highest BCUT2D eigenvalue weighted by molar-refractivity contribution is 6.06. The predicted octanol–water partition coefficient (Wildman–Crippen LogP) is 3.48. The van der Waals surface area contributed by atoms with Crippen LogP contribution in [0.25, 0.3) is 21.9 Å². The van der Waals surface area contributed by atoms with E-state index < -0.39 is 0 Å². The number of methoxy groups -OCH3 is 1. The lowest BCUT2D eigenvalue weighted by Crippen LogP contribution is -2.36. The van der Waals surface area contributed by atoms with Crippen molar-refractivity contribution in [2.24, 2.45) is 0 Å². The number of carbonyl (C=O) groups excluding carboxylic acids is 1. The van der Waals surface area contributed by atoms with Gasteiger partial charge < -0.3 is 19.4 Å². The zero-order valence-corrected chi connectivity index (χ0v) is 13.7. The van der Waals surface area contributed by atoms with Crippen molar-refractivity contribution in [1.29, 1.82) is 0 Å². The first kappa shape index (κ1) is 15.2. The molecule has 0 saturated heterocycles. The first-order valence-electron chi connectivity index (χ1n) is 7.48. The topological polar surface area (TPSA) is 54.7 Å². The molecule has 5 nitrogen and oxygen atoms in total. The maximum atomic E-state index is 12.1. The number of nitrogens with zero attached hydrogens (tertiary/aromatic N) is 1. The summed E-state index contributed by atoms with van der Waals surface area (Å²) >= 11 is 0. The van der Waals surface area contributed by atoms with E-state index in [4.69, 9.17) is 9.15 Å². The van der Waals surface area contributed by atoms with Gasteiger partial charge in [0, 0.05) is 30.9 Å². The summed E-state index contributed by atoms with van der Waals surface area (Å²) in [5.41, 5.74) is 2.33. The van der Waals surface area contributed by atoms with Gasteiger partial charge >= 0.3 is 0 Å². The molecule has 0 aliphatic rings. The summed E-state index contributed by atoms with van der Waals surface area (Å²) in [4.78, 5) is 13.6. The summed E-state index contributed by atoms with van der Waals surface area (Å²) in [5, 5.41) is 5.24. The summed E-state index contributed by atoms with van der Waals surface area (Å²) in [6.07, 6.45) is 0. The molecule has 120 valence electrons. The maximum absolute atomic E-state index is 12.1. The lowest BCUT2D eigenvalue weighted by atomic mass is 10.1. The Morgan fingerprint density at radius 1 is 1.17 bits per heavy atom. The number of hydrogen-bond acceptors (Lipinski definition) is 4. The van der Waals surface area contributed by atoms with Crippen LogP contribution in [-0.4, -0.2) is 38.1 Å². The van der Waals surface area contributed by atoms with Crippen LogP contribution in [0, 0.1) is 0 Å². The first-order chi connectivity index (χ1) is 11.0. The fourth-order valence-corrected chi connectivity index (χ4v) is 2.72. The monoisotopic (exact) mass is 312 g/mol. The maximum Gasteiger partial charge on any atom is 0.244 e. The standard InChI is InChI=1S/C18H20N2O3/c1-11(18(21)20(2)3)19-14-10-16-13(9-17(14)22-4)12-7-5-6-8-15(12)23-16/h5-11,19H,1-4H3/t11-/m1/s1. The van der Waals surface area contributed by atoms with E-state index in [0.717, 1.165) is 27.6 Å². The molecule has 1 N–H and O–H groups in total. The summed E-state index contributed by atoms with van der Waals surface area (Å²) in [7, 11) is 5.09. The van der Waals surface area contributed by atoms with Crippen LogP contribution in [0.15, 0.2) is 40.8 Å². The highest BCUT2D eigenvalue weighted by Crippen LogP contribution is 2.36. The third kappa shape index (κ3) is 2.70. The summed E-state index contributed by atoms with van der Waals surface area (Å²) < 4.78 is 11.4. The second-order valence-electron chi connectivity index (χ2n) is 5.75. The first-order valence-corrected chi connectivity index (χ1v) is 7.48. The van der Waals surface area contributed by atoms with Crippen LogP contribution < -0.4 is 10.1 Å². The largest absolute Gasteiger partial charge is 0.495 e. The van der Waals surface area contributed by atoms with Crippen LogP contribution in [-0.2, 0) is 4.79 Å². The van der Waals surface area contributed by atoms with Gasteiger partial charge in [-0.1, -0.05) is 18.2 Å². The molecule has 1 aromatic heterocycles. The van der Waals surface area contributed by atoms with Gasteiger partial charge in [-0.3, -0.25) is 4.79 Å². The van der Waals surface area contributed by atoms with Crippen molar-refractivity contribution in [2.75, 3.05) is 26.5 Å². The number of amides is 1. The fraction of sp³-hybridized carbons (Fsp3) is 0.278. The summed E-state index contributed by atoms with van der Waals surface area (Å²) in [6.45, 7) is 1.82. The van der Waals surface area contributed by atoms with Crippen molar-refractivity contribution in [3.05, 3.63) is 36.4 Å². The smallest absolute Gasteiger partial charge is 0.244 e. The molecular weight excluding hydrogens is 292 g/mol. The van der Waals surface area contributed by atoms with Gasteiger partial charge in [0.05, 0.1) is 12.8 Å². The van der Waals surface area contributed by atoms with E-state index in [2.05, 4.69) is 5.32 Å². The van der Waals surface area contributed by atoms with E-state index in [1.54, 1.807) is 26.1 Å². The second-order valence-corrected chi connectivity index (χ2v) is 5.75. The number of rotatable bonds is 4. The fourth-order valence-electron chi connectivity index (χ4n) is 2.72. The third-order valence-electron chi connectivity index (χ3n) is 3.88. The molecule has 0 fully saturated rings. The quantitative estimate of drug-likeness (QED) is 0.801. The number of para-hydroxylation sites is 1. The molecule has 2 aromatic carbocycles. The van der Waals surface area contributed by atoms with Gasteiger partial charge in [-0.2, -0.15) is 0 Å². The Morgan fingerprint density at radius 2 is 1.91 bits per heavy atom. The SMILES string of the molecule is COc1cc2c(cc1N[C@H](C)C(=O)N(C)C)oc1ccccc12. The number of anilines is 1. The highest BCUT2D eigenvalue weighted by Gasteiger charge is 2.18. The minimum absolute atomic E-state index is 0.00300. The zero-order chi connectivity index (χ0) is 16.6. The van der Waals surface area contributed by atoms with Gasteiger partial charge in [0.2, 0.25) is 5.91 Å². The van der Waals surface area contributed by atoms with Crippen molar-refractivity contribution >= 4 is 33.5 Å². The Kier molecular flexibility index (Phi) is 3.86. The number of nitrogens with one attached hydrogen (secondary N) is 1. The van der Waals surface area contributed by atoms with Gasteiger partial charge in [0.15, 0.2) is 0 Å². The van der Waals surface area contributed by atoms with Crippen LogP contribution in [0.4, 0.5) is 5.69 Å². The Balaban J connectivity index is 2.06. The van der Waals surface area contributed by atoms with Crippen molar-refractivity contribution in [3.63, 3.8) is 0 Å². The highest BCUT2D eigenvalue weighted by atomic mass is 16.5. The number of benzene rings is 2. The molecular formula is C18H20N2O3. The molecule has 3 rings (SSSR count). The number of ether oxygens (including phenoxy) is 1. The number of likely N-dealkylation sites (N-methyl/N-ethyl adjacent to an activating group) is 1. The number of carbonyl (C=O) groups is 1. The van der Waals surface area contributed by atoms with E-state index in [-0.39, 0.29) is 11.9 Å². The normalized spacial score (nSPS) is 12.3. The van der Waals surface area contributed by atoms with Crippen molar-refractivity contribution < 1.29 is 13.9 Å². The lowest BCUT2D eigenvalue weighted by molar-refractivity contribution is -0.129. The van der Waals surface area contributed by atoms with Gasteiger partial charge in [-0.25, -0.2) is 0 Å². The molecule has 0 saturated carbocycles. The Labute approximate surface area is 134 Å². The lowest BCUT2D eigenvalue weighted by Gasteiger charge is -2.20. The Hall–Kier alpha value is -2.69. The second kappa shape index (κ2) is 5.83. The van der Waals surface area contributed by atoms with Gasteiger partial charge in [-0.05, 0) is 19.1 Å². The van der Waals surface area contributed by atoms with Crippen LogP contribution in [0.5, 0.6) is 5.75 Å². The number of fused-ring (bicyclic) bond motifs is 3. The van der Waals surface area contributed by atoms with Crippen molar-refractivity contribution in [2.45, 2.75) is 13.0 Å². The predicted molar refractivity (Wildman–Crippen MR) is 92.1 cm³/mol. The molecule has 3 aromatic rings. The molecule has 0 bridgehead atoms. The van der Waals surface area contributed by atoms with E-state index >= 15 is 0 Å². The van der Waals surface area contributed by atoms with Gasteiger partial charge in [0.25, 0.3) is 0 Å². The van der Waals surface area contributed by atoms with E-state index in [1.807, 2.05) is 43.3 Å². The number of furan rings is 1. The van der Waals surface area contributed by atoms with Crippen LogP contribution in [0.1, 0.15) is 6.92 Å².